The third-order valence-electron chi connectivity index (χ3n) is 5.68. The third-order valence-corrected chi connectivity index (χ3v) is 7.58. The average molecular weight is 476 g/mol. The first-order chi connectivity index (χ1) is 15.9. The Hall–Kier alpha value is -3.18. The lowest BCUT2D eigenvalue weighted by Crippen LogP contribution is -2.42. The van der Waals surface area contributed by atoms with Crippen LogP contribution in [0.15, 0.2) is 52.0 Å². The molecular formula is C22H25N3O7S. The van der Waals surface area contributed by atoms with Gasteiger partial charge >= 0.3 is 5.97 Å². The highest BCUT2D eigenvalue weighted by Crippen LogP contribution is 2.24. The lowest BCUT2D eigenvalue weighted by atomic mass is 10.2. The number of furan rings is 1. The molecule has 2 aliphatic rings. The monoisotopic (exact) mass is 475 g/mol. The van der Waals surface area contributed by atoms with Gasteiger partial charge in [0.05, 0.1) is 11.2 Å². The van der Waals surface area contributed by atoms with Crippen molar-refractivity contribution in [3.05, 3.63) is 48.4 Å². The molecule has 176 valence electrons. The molecule has 2 saturated heterocycles. The smallest absolute Gasteiger partial charge is 0.329 e. The fraction of sp³-hybridized carbons (Fsp3) is 0.409. The Morgan fingerprint density at radius 1 is 1.06 bits per heavy atom. The molecule has 2 fully saturated rings. The summed E-state index contributed by atoms with van der Waals surface area (Å²) in [6.07, 6.45) is 4.10. The van der Waals surface area contributed by atoms with Crippen LogP contribution in [0.3, 0.4) is 0 Å². The Labute approximate surface area is 191 Å². The van der Waals surface area contributed by atoms with Crippen LogP contribution in [0.4, 0.5) is 5.69 Å². The van der Waals surface area contributed by atoms with E-state index in [1.54, 1.807) is 18.2 Å². The zero-order valence-corrected chi connectivity index (χ0v) is 18.8. The van der Waals surface area contributed by atoms with E-state index >= 15 is 0 Å². The van der Waals surface area contributed by atoms with Gasteiger partial charge in [-0.1, -0.05) is 6.07 Å². The van der Waals surface area contributed by atoms with Crippen molar-refractivity contribution in [3.8, 4) is 0 Å². The summed E-state index contributed by atoms with van der Waals surface area (Å²) < 4.78 is 37.1. The highest BCUT2D eigenvalue weighted by molar-refractivity contribution is 7.89. The molecule has 1 aromatic heterocycles. The first kappa shape index (κ1) is 23.0. The number of amides is 2. The van der Waals surface area contributed by atoms with Gasteiger partial charge in [0.2, 0.25) is 10.0 Å². The Kier molecular flexibility index (Phi) is 6.80. The van der Waals surface area contributed by atoms with Crippen molar-refractivity contribution in [1.29, 1.82) is 0 Å². The van der Waals surface area contributed by atoms with Crippen molar-refractivity contribution >= 4 is 33.5 Å². The van der Waals surface area contributed by atoms with Gasteiger partial charge in [0.1, 0.15) is 6.04 Å². The van der Waals surface area contributed by atoms with Gasteiger partial charge in [-0.3, -0.25) is 9.59 Å². The van der Waals surface area contributed by atoms with Crippen LogP contribution in [-0.4, -0.2) is 67.7 Å². The molecule has 0 radical (unpaired) electrons. The largest absolute Gasteiger partial charge is 0.459 e. The lowest BCUT2D eigenvalue weighted by Gasteiger charge is -2.22. The normalized spacial score (nSPS) is 18.9. The second kappa shape index (κ2) is 9.75. The van der Waals surface area contributed by atoms with Gasteiger partial charge < -0.3 is 19.4 Å². The molecular weight excluding hydrogens is 450 g/mol. The number of esters is 1. The van der Waals surface area contributed by atoms with Gasteiger partial charge in [-0.25, -0.2) is 13.2 Å². The minimum Gasteiger partial charge on any atom is -0.459 e. The van der Waals surface area contributed by atoms with Gasteiger partial charge in [0.15, 0.2) is 12.4 Å². The number of ether oxygens (including phenoxy) is 1. The van der Waals surface area contributed by atoms with Crippen LogP contribution in [-0.2, 0) is 24.3 Å². The molecule has 11 heteroatoms. The average Bonchev–Trinajstić information content (AvgIpc) is 3.58. The van der Waals surface area contributed by atoms with E-state index in [-0.39, 0.29) is 16.3 Å². The Bertz CT molecular complexity index is 1120. The number of carbonyl (C=O) groups excluding carboxylic acids is 3. The summed E-state index contributed by atoms with van der Waals surface area (Å²) in [5, 5.41) is 2.55. The molecule has 10 nitrogen and oxygen atoms in total. The number of carbonyl (C=O) groups is 3. The molecule has 33 heavy (non-hydrogen) atoms. The molecule has 3 heterocycles. The summed E-state index contributed by atoms with van der Waals surface area (Å²) in [6, 6.07) is 8.29. The van der Waals surface area contributed by atoms with E-state index in [0.29, 0.717) is 32.5 Å². The van der Waals surface area contributed by atoms with Gasteiger partial charge in [-0.05, 0) is 56.0 Å². The summed E-state index contributed by atoms with van der Waals surface area (Å²) >= 11 is 0. The molecule has 0 bridgehead atoms. The first-order valence-electron chi connectivity index (χ1n) is 10.8. The predicted molar refractivity (Wildman–Crippen MR) is 117 cm³/mol. The number of nitrogens with zero attached hydrogens (tertiary/aromatic N) is 2. The Morgan fingerprint density at radius 3 is 2.58 bits per heavy atom. The van der Waals surface area contributed by atoms with E-state index in [0.717, 1.165) is 12.8 Å². The second-order valence-corrected chi connectivity index (χ2v) is 9.87. The van der Waals surface area contributed by atoms with Crippen molar-refractivity contribution in [3.63, 3.8) is 0 Å². The van der Waals surface area contributed by atoms with Crippen LogP contribution in [0.1, 0.15) is 36.2 Å². The molecule has 0 unspecified atom stereocenters. The molecule has 4 rings (SSSR count). The van der Waals surface area contributed by atoms with Crippen LogP contribution < -0.4 is 5.32 Å². The van der Waals surface area contributed by atoms with Crippen LogP contribution >= 0.6 is 0 Å². The van der Waals surface area contributed by atoms with Crippen molar-refractivity contribution in [2.24, 2.45) is 0 Å². The van der Waals surface area contributed by atoms with E-state index in [1.165, 1.54) is 33.7 Å². The Balaban J connectivity index is 1.33. The molecule has 2 amide bonds. The van der Waals surface area contributed by atoms with Crippen LogP contribution in [0.5, 0.6) is 0 Å². The number of hydrogen-bond acceptors (Lipinski definition) is 7. The predicted octanol–water partition coefficient (Wildman–Crippen LogP) is 1.85. The number of rotatable bonds is 7. The molecule has 0 saturated carbocycles. The zero-order chi connectivity index (χ0) is 23.4. The summed E-state index contributed by atoms with van der Waals surface area (Å²) in [5.74, 6) is -1.55. The molecule has 1 aromatic carbocycles. The summed E-state index contributed by atoms with van der Waals surface area (Å²) in [5.41, 5.74) is 0.284. The minimum atomic E-state index is -3.62. The van der Waals surface area contributed by atoms with E-state index in [2.05, 4.69) is 5.32 Å². The molecule has 0 aliphatic carbocycles. The highest BCUT2D eigenvalue weighted by Gasteiger charge is 2.37. The Morgan fingerprint density at radius 2 is 1.85 bits per heavy atom. The van der Waals surface area contributed by atoms with Crippen molar-refractivity contribution < 1.29 is 32.0 Å². The third kappa shape index (κ3) is 5.09. The minimum absolute atomic E-state index is 0.0947. The van der Waals surface area contributed by atoms with Crippen LogP contribution in [0, 0.1) is 0 Å². The maximum absolute atomic E-state index is 12.7. The molecule has 2 aliphatic heterocycles. The standard InChI is InChI=1S/C22H25N3O7S/c26-20(23-16-6-3-7-17(14-16)33(29,30)24-10-1-2-11-24)15-32-22(28)18-8-4-12-25(18)21(27)19-9-5-13-31-19/h3,5-7,9,13-14,18H,1-2,4,8,10-12,15H2,(H,23,26)/t18-/m0/s1. The summed E-state index contributed by atoms with van der Waals surface area (Å²) in [7, 11) is -3.62. The fourth-order valence-electron chi connectivity index (χ4n) is 4.04. The number of likely N-dealkylation sites (tertiary alicyclic amines) is 1. The molecule has 0 spiro atoms. The topological polar surface area (TPSA) is 126 Å². The van der Waals surface area contributed by atoms with Crippen molar-refractivity contribution in [2.45, 2.75) is 36.6 Å². The number of anilines is 1. The van der Waals surface area contributed by atoms with E-state index in [9.17, 15) is 22.8 Å². The fourth-order valence-corrected chi connectivity index (χ4v) is 5.60. The van der Waals surface area contributed by atoms with Gasteiger partial charge in [0, 0.05) is 25.3 Å². The number of sulfonamides is 1. The van der Waals surface area contributed by atoms with Gasteiger partial charge in [-0.2, -0.15) is 4.31 Å². The summed E-state index contributed by atoms with van der Waals surface area (Å²) in [6.45, 7) is 0.802. The van der Waals surface area contributed by atoms with E-state index in [4.69, 9.17) is 9.15 Å². The first-order valence-corrected chi connectivity index (χ1v) is 12.2. The summed E-state index contributed by atoms with van der Waals surface area (Å²) in [4.78, 5) is 38.8. The SMILES string of the molecule is O=C(COC(=O)[C@@H]1CCCN1C(=O)c1ccco1)Nc1cccc(S(=O)(=O)N2CCCC2)c1. The molecule has 2 aromatic rings. The maximum Gasteiger partial charge on any atom is 0.329 e. The second-order valence-electron chi connectivity index (χ2n) is 7.93. The van der Waals surface area contributed by atoms with E-state index in [1.807, 2.05) is 0 Å². The number of nitrogens with one attached hydrogen (secondary N) is 1. The molecule has 1 N–H and O–H groups in total. The van der Waals surface area contributed by atoms with Crippen molar-refractivity contribution in [1.82, 2.24) is 9.21 Å². The van der Waals surface area contributed by atoms with Crippen molar-refractivity contribution in [2.75, 3.05) is 31.6 Å². The lowest BCUT2D eigenvalue weighted by molar-refractivity contribution is -0.151. The van der Waals surface area contributed by atoms with Gasteiger partial charge in [-0.15, -0.1) is 0 Å². The van der Waals surface area contributed by atoms with Crippen LogP contribution in [0.2, 0.25) is 0 Å². The van der Waals surface area contributed by atoms with E-state index < -0.39 is 40.5 Å². The maximum atomic E-state index is 12.7. The number of benzene rings is 1. The quantitative estimate of drug-likeness (QED) is 0.606. The highest BCUT2D eigenvalue weighted by atomic mass is 32.2. The van der Waals surface area contributed by atoms with Gasteiger partial charge in [0.25, 0.3) is 11.8 Å². The molecule has 1 atom stereocenters. The zero-order valence-electron chi connectivity index (χ0n) is 17.9. The van der Waals surface area contributed by atoms with Crippen LogP contribution in [0.25, 0.3) is 0 Å². The number of hydrogen-bond donors (Lipinski definition) is 1.